The first kappa shape index (κ1) is 24.3. The number of aromatic nitrogens is 2. The molecule has 0 spiro atoms. The second-order valence-corrected chi connectivity index (χ2v) is 9.16. The average molecular weight is 502 g/mol. The van der Waals surface area contributed by atoms with Crippen LogP contribution in [0.15, 0.2) is 66.7 Å². The molecule has 0 saturated carbocycles. The summed E-state index contributed by atoms with van der Waals surface area (Å²) >= 11 is 0. The number of alkyl halides is 2. The Bertz CT molecular complexity index is 1510. The maximum atomic E-state index is 14.4. The molecule has 1 saturated heterocycles. The second kappa shape index (κ2) is 9.54. The van der Waals surface area contributed by atoms with E-state index in [1.54, 1.807) is 30.3 Å². The van der Waals surface area contributed by atoms with Gasteiger partial charge in [0, 0.05) is 38.7 Å². The molecule has 0 amide bonds. The number of para-hydroxylation sites is 1. The van der Waals surface area contributed by atoms with Crippen LogP contribution in [0.3, 0.4) is 0 Å². The molecular formula is C28H25F2N5O2. The quantitative estimate of drug-likeness (QED) is 0.396. The van der Waals surface area contributed by atoms with E-state index in [4.69, 9.17) is 4.98 Å². The number of benzene rings is 3. The van der Waals surface area contributed by atoms with Gasteiger partial charge >= 0.3 is 5.97 Å². The van der Waals surface area contributed by atoms with Gasteiger partial charge in [0.05, 0.1) is 34.4 Å². The van der Waals surface area contributed by atoms with E-state index in [9.17, 15) is 23.9 Å². The molecule has 37 heavy (non-hydrogen) atoms. The van der Waals surface area contributed by atoms with Crippen LogP contribution in [0.1, 0.15) is 34.0 Å². The van der Waals surface area contributed by atoms with Gasteiger partial charge in [-0.3, -0.25) is 0 Å². The molecule has 0 unspecified atom stereocenters. The minimum absolute atomic E-state index is 0.0529. The smallest absolute Gasteiger partial charge is 0.335 e. The molecule has 0 aliphatic carbocycles. The highest BCUT2D eigenvalue weighted by Crippen LogP contribution is 2.33. The van der Waals surface area contributed by atoms with Crippen molar-refractivity contribution in [1.82, 2.24) is 9.55 Å². The predicted molar refractivity (Wildman–Crippen MR) is 137 cm³/mol. The zero-order valence-corrected chi connectivity index (χ0v) is 20.2. The monoisotopic (exact) mass is 501 g/mol. The van der Waals surface area contributed by atoms with Crippen molar-refractivity contribution >= 4 is 28.6 Å². The third-order valence-electron chi connectivity index (χ3n) is 6.72. The minimum atomic E-state index is -3.01. The van der Waals surface area contributed by atoms with E-state index in [-0.39, 0.29) is 17.7 Å². The number of halogens is 2. The predicted octanol–water partition coefficient (Wildman–Crippen LogP) is 5.09. The van der Waals surface area contributed by atoms with Crippen LogP contribution < -0.4 is 9.80 Å². The number of carboxylic acid groups (broad SMARTS) is 1. The normalized spacial score (nSPS) is 14.1. The van der Waals surface area contributed by atoms with Crippen LogP contribution in [0.5, 0.6) is 0 Å². The van der Waals surface area contributed by atoms with E-state index in [1.165, 1.54) is 18.2 Å². The number of hydrogen-bond acceptors (Lipinski definition) is 5. The first-order valence-electron chi connectivity index (χ1n) is 11.9. The Hall–Kier alpha value is -4.45. The van der Waals surface area contributed by atoms with Crippen LogP contribution in [0, 0.1) is 11.3 Å². The van der Waals surface area contributed by atoms with Gasteiger partial charge < -0.3 is 19.5 Å². The van der Waals surface area contributed by atoms with E-state index in [1.807, 2.05) is 22.8 Å². The van der Waals surface area contributed by atoms with Crippen molar-refractivity contribution < 1.29 is 18.7 Å². The fourth-order valence-corrected chi connectivity index (χ4v) is 4.90. The summed E-state index contributed by atoms with van der Waals surface area (Å²) in [6.07, 6.45) is 0. The number of carbonyl (C=O) groups is 1. The standard InChI is InChI=1S/C28H25F2N5O2/c1-28(29,30)22-8-4-2-7-21(22)18-35-25-11-10-19(26(36)37)16-23(25)32-27(35)34-14-12-33(13-15-34)24-9-5-3-6-20(24)17-31/h2-11,16H,12-15,18H2,1H3,(H,36,37). The SMILES string of the molecule is CC(F)(F)c1ccccc1Cn1c(N2CCN(c3ccccc3C#N)CC2)nc2cc(C(=O)O)ccc21. The Kier molecular flexibility index (Phi) is 6.25. The van der Waals surface area contributed by atoms with Gasteiger partial charge in [-0.05, 0) is 35.9 Å². The van der Waals surface area contributed by atoms with Crippen LogP contribution in [0.2, 0.25) is 0 Å². The van der Waals surface area contributed by atoms with Crippen molar-refractivity contribution in [2.24, 2.45) is 0 Å². The lowest BCUT2D eigenvalue weighted by Gasteiger charge is -2.37. The molecule has 3 aromatic carbocycles. The molecule has 1 aliphatic heterocycles. The number of aromatic carboxylic acids is 1. The molecule has 0 bridgehead atoms. The highest BCUT2D eigenvalue weighted by molar-refractivity contribution is 5.93. The van der Waals surface area contributed by atoms with Crippen molar-refractivity contribution in [2.45, 2.75) is 19.4 Å². The van der Waals surface area contributed by atoms with Crippen molar-refractivity contribution in [2.75, 3.05) is 36.0 Å². The Balaban J connectivity index is 1.52. The van der Waals surface area contributed by atoms with E-state index in [0.717, 1.165) is 12.6 Å². The summed E-state index contributed by atoms with van der Waals surface area (Å²) in [6.45, 7) is 3.53. The highest BCUT2D eigenvalue weighted by Gasteiger charge is 2.29. The first-order valence-corrected chi connectivity index (χ1v) is 11.9. The molecule has 1 fully saturated rings. The van der Waals surface area contributed by atoms with Gasteiger partial charge in [-0.15, -0.1) is 0 Å². The number of imidazole rings is 1. The van der Waals surface area contributed by atoms with E-state index in [0.29, 0.717) is 54.3 Å². The Morgan fingerprint density at radius 1 is 1.03 bits per heavy atom. The summed E-state index contributed by atoms with van der Waals surface area (Å²) in [5.74, 6) is -3.47. The Labute approximate surface area is 212 Å². The molecule has 0 atom stereocenters. The maximum absolute atomic E-state index is 14.4. The third kappa shape index (κ3) is 4.70. The van der Waals surface area contributed by atoms with Gasteiger partial charge in [0.15, 0.2) is 0 Å². The summed E-state index contributed by atoms with van der Waals surface area (Å²) in [5.41, 5.74) is 3.19. The van der Waals surface area contributed by atoms with Crippen molar-refractivity contribution in [1.29, 1.82) is 5.26 Å². The molecule has 7 nitrogen and oxygen atoms in total. The number of anilines is 2. The van der Waals surface area contributed by atoms with Crippen molar-refractivity contribution in [3.8, 4) is 6.07 Å². The summed E-state index contributed by atoms with van der Waals surface area (Å²) in [5, 5.41) is 18.9. The summed E-state index contributed by atoms with van der Waals surface area (Å²) in [7, 11) is 0. The van der Waals surface area contributed by atoms with Gasteiger partial charge in [-0.1, -0.05) is 36.4 Å². The fraction of sp³-hybridized carbons (Fsp3) is 0.250. The molecule has 2 heterocycles. The number of hydrogen-bond donors (Lipinski definition) is 1. The molecule has 5 rings (SSSR count). The van der Waals surface area contributed by atoms with Gasteiger partial charge in [0.2, 0.25) is 5.95 Å². The number of rotatable bonds is 6. The molecule has 1 aliphatic rings. The molecule has 0 radical (unpaired) electrons. The Morgan fingerprint density at radius 3 is 2.41 bits per heavy atom. The maximum Gasteiger partial charge on any atom is 0.335 e. The van der Waals surface area contributed by atoms with Crippen LogP contribution in [-0.2, 0) is 12.5 Å². The summed E-state index contributed by atoms with van der Waals surface area (Å²) < 4.78 is 30.7. The topological polar surface area (TPSA) is 85.4 Å². The molecule has 1 aromatic heterocycles. The van der Waals surface area contributed by atoms with Crippen LogP contribution in [0.25, 0.3) is 11.0 Å². The molecular weight excluding hydrogens is 476 g/mol. The molecule has 4 aromatic rings. The average Bonchev–Trinajstić information content (AvgIpc) is 3.26. The van der Waals surface area contributed by atoms with Crippen molar-refractivity contribution in [3.63, 3.8) is 0 Å². The van der Waals surface area contributed by atoms with Crippen LogP contribution >= 0.6 is 0 Å². The van der Waals surface area contributed by atoms with Gasteiger partial charge in [0.25, 0.3) is 5.92 Å². The number of fused-ring (bicyclic) bond motifs is 1. The number of nitrogens with zero attached hydrogens (tertiary/aromatic N) is 5. The summed E-state index contributed by atoms with van der Waals surface area (Å²) in [6, 6.07) is 20.9. The Morgan fingerprint density at radius 2 is 1.70 bits per heavy atom. The molecule has 188 valence electrons. The molecule has 9 heteroatoms. The van der Waals surface area contributed by atoms with E-state index >= 15 is 0 Å². The zero-order chi connectivity index (χ0) is 26.2. The second-order valence-electron chi connectivity index (χ2n) is 9.16. The lowest BCUT2D eigenvalue weighted by Crippen LogP contribution is -2.47. The lowest BCUT2D eigenvalue weighted by atomic mass is 10.0. The fourth-order valence-electron chi connectivity index (χ4n) is 4.90. The van der Waals surface area contributed by atoms with E-state index in [2.05, 4.69) is 15.9 Å². The van der Waals surface area contributed by atoms with Crippen molar-refractivity contribution in [3.05, 3.63) is 89.0 Å². The highest BCUT2D eigenvalue weighted by atomic mass is 19.3. The first-order chi connectivity index (χ1) is 17.8. The number of piperazine rings is 1. The summed E-state index contributed by atoms with van der Waals surface area (Å²) in [4.78, 5) is 20.5. The van der Waals surface area contributed by atoms with Gasteiger partial charge in [-0.2, -0.15) is 5.26 Å². The third-order valence-corrected chi connectivity index (χ3v) is 6.72. The van der Waals surface area contributed by atoms with Crippen LogP contribution in [-0.4, -0.2) is 46.8 Å². The zero-order valence-electron chi connectivity index (χ0n) is 20.2. The molecule has 1 N–H and O–H groups in total. The van der Waals surface area contributed by atoms with Crippen LogP contribution in [0.4, 0.5) is 20.4 Å². The number of nitriles is 1. The van der Waals surface area contributed by atoms with E-state index < -0.39 is 11.9 Å². The number of carboxylic acids is 1. The van der Waals surface area contributed by atoms with Gasteiger partial charge in [0.1, 0.15) is 6.07 Å². The lowest BCUT2D eigenvalue weighted by molar-refractivity contribution is 0.0164. The van der Waals surface area contributed by atoms with Gasteiger partial charge in [-0.25, -0.2) is 18.6 Å². The largest absolute Gasteiger partial charge is 0.478 e. The minimum Gasteiger partial charge on any atom is -0.478 e.